The lowest BCUT2D eigenvalue weighted by Gasteiger charge is -2.14. The first kappa shape index (κ1) is 50.2. The topological polar surface area (TPSA) is 113 Å². The molecule has 0 N–H and O–H groups in total. The van der Waals surface area contributed by atoms with Gasteiger partial charge in [0.05, 0.1) is 38.1 Å². The van der Waals surface area contributed by atoms with Crippen LogP contribution in [-0.2, 0) is 32.3 Å². The van der Waals surface area contributed by atoms with Crippen LogP contribution in [0.2, 0.25) is 0 Å². The Bertz CT molecular complexity index is 2240. The van der Waals surface area contributed by atoms with Gasteiger partial charge in [-0.3, -0.25) is 0 Å². The van der Waals surface area contributed by atoms with Crippen molar-refractivity contribution in [3.05, 3.63) is 157 Å². The highest BCUT2D eigenvalue weighted by molar-refractivity contribution is 5.81. The first-order valence-corrected chi connectivity index (χ1v) is 23.5. The normalized spacial score (nSPS) is 10.7. The molecular formula is C57H65NO8. The number of hydrogen-bond acceptors (Lipinski definition) is 9. The molecule has 5 aromatic carbocycles. The summed E-state index contributed by atoms with van der Waals surface area (Å²) in [5.74, 6) is 2.13. The predicted octanol–water partition coefficient (Wildman–Crippen LogP) is 13.7. The van der Waals surface area contributed by atoms with E-state index in [2.05, 4.69) is 92.0 Å². The average Bonchev–Trinajstić information content (AvgIpc) is 3.36. The van der Waals surface area contributed by atoms with Crippen LogP contribution in [-0.4, -0.2) is 38.4 Å². The molecule has 0 aliphatic carbocycles. The third-order valence-electron chi connectivity index (χ3n) is 11.1. The minimum absolute atomic E-state index is 0.324. The molecule has 0 unspecified atom stereocenters. The number of benzene rings is 5. The molecule has 5 aromatic rings. The van der Waals surface area contributed by atoms with Crippen LogP contribution in [0.1, 0.15) is 107 Å². The first-order valence-electron chi connectivity index (χ1n) is 23.5. The molecule has 0 saturated heterocycles. The second-order valence-electron chi connectivity index (χ2n) is 16.2. The van der Waals surface area contributed by atoms with Crippen molar-refractivity contribution in [2.24, 2.45) is 0 Å². The van der Waals surface area contributed by atoms with Gasteiger partial charge in [0.1, 0.15) is 24.7 Å². The maximum atomic E-state index is 11.1. The van der Waals surface area contributed by atoms with Crippen molar-refractivity contribution in [2.75, 3.05) is 26.4 Å². The number of hydrogen-bond donors (Lipinski definition) is 0. The van der Waals surface area contributed by atoms with E-state index in [-0.39, 0.29) is 11.9 Å². The van der Waals surface area contributed by atoms with Crippen molar-refractivity contribution >= 4 is 11.9 Å². The van der Waals surface area contributed by atoms with Gasteiger partial charge in [0.15, 0.2) is 11.5 Å². The fourth-order valence-electron chi connectivity index (χ4n) is 7.23. The van der Waals surface area contributed by atoms with Crippen molar-refractivity contribution in [3.63, 3.8) is 0 Å². The van der Waals surface area contributed by atoms with E-state index in [0.717, 1.165) is 109 Å². The first-order chi connectivity index (χ1) is 32.4. The second kappa shape index (κ2) is 29.6. The number of carbonyl (C=O) groups excluding carboxylic acids is 2. The third kappa shape index (κ3) is 18.7. The van der Waals surface area contributed by atoms with Gasteiger partial charge in [0, 0.05) is 18.2 Å². The number of ether oxygens (including phenoxy) is 6. The molecule has 9 heteroatoms. The smallest absolute Gasteiger partial charge is 0.330 e. The summed E-state index contributed by atoms with van der Waals surface area (Å²) in [6, 6.07) is 40.4. The number of nitrogens with zero attached hydrogens (tertiary/aromatic N) is 1. The maximum Gasteiger partial charge on any atom is 0.330 e. The second-order valence-corrected chi connectivity index (χ2v) is 16.2. The number of carbonyl (C=O) groups is 2. The summed E-state index contributed by atoms with van der Waals surface area (Å²) >= 11 is 0. The van der Waals surface area contributed by atoms with Gasteiger partial charge >= 0.3 is 11.9 Å². The Morgan fingerprint density at radius 1 is 0.424 bits per heavy atom. The molecule has 5 rings (SSSR count). The molecule has 9 nitrogen and oxygen atoms in total. The number of rotatable bonds is 32. The molecule has 0 spiro atoms. The van der Waals surface area contributed by atoms with Crippen LogP contribution >= 0.6 is 0 Å². The van der Waals surface area contributed by atoms with E-state index in [1.807, 2.05) is 24.3 Å². The van der Waals surface area contributed by atoms with Gasteiger partial charge < -0.3 is 28.4 Å². The monoisotopic (exact) mass is 891 g/mol. The van der Waals surface area contributed by atoms with Crippen LogP contribution in [0, 0.1) is 11.3 Å². The Hall–Kier alpha value is -6.79. The van der Waals surface area contributed by atoms with E-state index in [1.165, 1.54) is 37.8 Å². The molecule has 0 aromatic heterocycles. The van der Waals surface area contributed by atoms with Crippen molar-refractivity contribution < 1.29 is 38.0 Å². The Kier molecular flexibility index (Phi) is 22.5. The van der Waals surface area contributed by atoms with Gasteiger partial charge in [-0.25, -0.2) is 9.59 Å². The molecule has 0 saturated carbocycles. The Balaban J connectivity index is 0.982. The molecule has 0 amide bonds. The van der Waals surface area contributed by atoms with Gasteiger partial charge in [-0.05, 0) is 95.5 Å². The molecule has 346 valence electrons. The minimum Gasteiger partial charge on any atom is -0.494 e. The van der Waals surface area contributed by atoms with Crippen molar-refractivity contribution in [2.45, 2.75) is 103 Å². The van der Waals surface area contributed by atoms with Crippen LogP contribution in [0.25, 0.3) is 22.3 Å². The largest absolute Gasteiger partial charge is 0.494 e. The van der Waals surface area contributed by atoms with E-state index in [0.29, 0.717) is 56.7 Å². The van der Waals surface area contributed by atoms with Crippen molar-refractivity contribution in [1.29, 1.82) is 5.26 Å². The van der Waals surface area contributed by atoms with Crippen LogP contribution < -0.4 is 18.9 Å². The minimum atomic E-state index is -0.351. The Morgan fingerprint density at radius 2 is 0.773 bits per heavy atom. The Labute approximate surface area is 392 Å². The lowest BCUT2D eigenvalue weighted by atomic mass is 10.0. The zero-order valence-electron chi connectivity index (χ0n) is 38.4. The molecule has 0 aliphatic rings. The van der Waals surface area contributed by atoms with Crippen LogP contribution in [0.15, 0.2) is 141 Å². The van der Waals surface area contributed by atoms with Crippen LogP contribution in [0.3, 0.4) is 0 Å². The van der Waals surface area contributed by atoms with Gasteiger partial charge in [-0.15, -0.1) is 0 Å². The van der Waals surface area contributed by atoms with E-state index in [1.54, 1.807) is 18.2 Å². The van der Waals surface area contributed by atoms with Crippen LogP contribution in [0.5, 0.6) is 23.0 Å². The fraction of sp³-hybridized carbons (Fsp3) is 0.351. The molecule has 0 bridgehead atoms. The Morgan fingerprint density at radius 3 is 1.15 bits per heavy atom. The lowest BCUT2D eigenvalue weighted by Crippen LogP contribution is -2.01. The zero-order valence-corrected chi connectivity index (χ0v) is 38.4. The quantitative estimate of drug-likeness (QED) is 0.0236. The highest BCUT2D eigenvalue weighted by Crippen LogP contribution is 2.31. The van der Waals surface area contributed by atoms with E-state index in [4.69, 9.17) is 28.4 Å². The third-order valence-corrected chi connectivity index (χ3v) is 11.1. The van der Waals surface area contributed by atoms with Crippen LogP contribution in [0.4, 0.5) is 0 Å². The summed E-state index contributed by atoms with van der Waals surface area (Å²) in [7, 11) is 0. The SMILES string of the molecule is C=CC(=O)OCCCCCCCCCOc1ccc(-c2ccc(COc3ccc(C#N)cc3OCc3ccc(-c4ccc(OCCCCCCCCCOC(=O)C=C)cc4)cc3)cc2)cc1. The maximum absolute atomic E-state index is 11.1. The fourth-order valence-corrected chi connectivity index (χ4v) is 7.23. The number of esters is 2. The molecular weight excluding hydrogens is 827 g/mol. The standard InChI is InChI=1S/C57H65NO8/c1-3-56(59)63-39-17-13-9-5-7-11-15-37-61-52-32-28-50(29-33-52)48-24-19-45(20-25-48)43-65-54-36-23-47(42-58)41-55(54)66-44-46-21-26-49(27-22-46)51-30-34-53(35-31-51)62-38-16-12-8-6-10-14-18-40-64-57(60)4-2/h3-4,19-36,41H,1-2,5-18,37-40,43-44H2. The van der Waals surface area contributed by atoms with Gasteiger partial charge in [0.25, 0.3) is 0 Å². The van der Waals surface area contributed by atoms with Gasteiger partial charge in [0.2, 0.25) is 0 Å². The predicted molar refractivity (Wildman–Crippen MR) is 262 cm³/mol. The summed E-state index contributed by atoms with van der Waals surface area (Å²) in [4.78, 5) is 22.1. The van der Waals surface area contributed by atoms with Gasteiger partial charge in [-0.1, -0.05) is 150 Å². The highest BCUT2D eigenvalue weighted by atomic mass is 16.5. The van der Waals surface area contributed by atoms with E-state index < -0.39 is 0 Å². The summed E-state index contributed by atoms with van der Waals surface area (Å²) in [6.07, 6.45) is 17.6. The average molecular weight is 892 g/mol. The number of unbranched alkanes of at least 4 members (excludes halogenated alkanes) is 12. The summed E-state index contributed by atoms with van der Waals surface area (Å²) in [6.45, 7) is 9.82. The molecule has 0 fully saturated rings. The van der Waals surface area contributed by atoms with Crippen molar-refractivity contribution in [1.82, 2.24) is 0 Å². The van der Waals surface area contributed by atoms with E-state index >= 15 is 0 Å². The molecule has 0 heterocycles. The summed E-state index contributed by atoms with van der Waals surface area (Å²) in [5, 5.41) is 9.60. The van der Waals surface area contributed by atoms with Crippen molar-refractivity contribution in [3.8, 4) is 51.3 Å². The zero-order chi connectivity index (χ0) is 46.4. The summed E-state index contributed by atoms with van der Waals surface area (Å²) < 4.78 is 34.5. The molecule has 0 radical (unpaired) electrons. The van der Waals surface area contributed by atoms with Gasteiger partial charge in [-0.2, -0.15) is 5.26 Å². The molecule has 0 atom stereocenters. The lowest BCUT2D eigenvalue weighted by molar-refractivity contribution is -0.138. The highest BCUT2D eigenvalue weighted by Gasteiger charge is 2.10. The summed E-state index contributed by atoms with van der Waals surface area (Å²) in [5.41, 5.74) is 6.93. The molecule has 66 heavy (non-hydrogen) atoms. The number of nitriles is 1. The molecule has 0 aliphatic heterocycles. The van der Waals surface area contributed by atoms with E-state index in [9.17, 15) is 14.9 Å².